The van der Waals surface area contributed by atoms with Gasteiger partial charge in [-0.2, -0.15) is 0 Å². The maximum absolute atomic E-state index is 11.2. The molecule has 0 amide bonds. The average molecular weight is 233 g/mol. The fourth-order valence-electron chi connectivity index (χ4n) is 1.88. The van der Waals surface area contributed by atoms with Gasteiger partial charge in [0.1, 0.15) is 5.78 Å². The second-order valence-corrected chi connectivity index (χ2v) is 6.57. The number of ketones is 1. The Balaban J connectivity index is 2.29. The highest BCUT2D eigenvalue weighted by Crippen LogP contribution is 2.16. The van der Waals surface area contributed by atoms with Crippen LogP contribution in [0, 0.1) is 0 Å². The van der Waals surface area contributed by atoms with Crippen molar-refractivity contribution in [1.29, 1.82) is 0 Å². The third kappa shape index (κ3) is 4.30. The van der Waals surface area contributed by atoms with Gasteiger partial charge in [0, 0.05) is 12.5 Å². The number of hydrogen-bond donors (Lipinski definition) is 0. The molecule has 4 nitrogen and oxygen atoms in total. The molecular formula is C10H19NO3S. The molecule has 0 aromatic heterocycles. The van der Waals surface area contributed by atoms with Crippen LogP contribution in [0.25, 0.3) is 0 Å². The molecule has 1 aliphatic rings. The van der Waals surface area contributed by atoms with Crippen LogP contribution in [0.15, 0.2) is 0 Å². The van der Waals surface area contributed by atoms with Crippen molar-refractivity contribution in [1.82, 2.24) is 4.90 Å². The lowest BCUT2D eigenvalue weighted by molar-refractivity contribution is -0.117. The number of nitrogens with zero attached hydrogens (tertiary/aromatic N) is 1. The zero-order valence-electron chi connectivity index (χ0n) is 9.40. The van der Waals surface area contributed by atoms with E-state index in [1.165, 1.54) is 0 Å². The van der Waals surface area contributed by atoms with Crippen LogP contribution in [0.3, 0.4) is 0 Å². The Hall–Kier alpha value is -0.420. The largest absolute Gasteiger partial charge is 0.302 e. The summed E-state index contributed by atoms with van der Waals surface area (Å²) in [6, 6.07) is 0.155. The Bertz CT molecular complexity index is 324. The van der Waals surface area contributed by atoms with E-state index in [-0.39, 0.29) is 17.6 Å². The number of carbonyl (C=O) groups is 1. The Morgan fingerprint density at radius 2 is 2.13 bits per heavy atom. The van der Waals surface area contributed by atoms with E-state index in [2.05, 4.69) is 4.90 Å². The van der Waals surface area contributed by atoms with Crippen LogP contribution in [0.2, 0.25) is 0 Å². The summed E-state index contributed by atoms with van der Waals surface area (Å²) < 4.78 is 22.5. The topological polar surface area (TPSA) is 54.5 Å². The first-order valence-corrected chi connectivity index (χ1v) is 7.13. The van der Waals surface area contributed by atoms with Crippen LogP contribution in [-0.4, -0.2) is 50.2 Å². The number of hydrogen-bond acceptors (Lipinski definition) is 4. The lowest BCUT2D eigenvalue weighted by atomic mass is 10.2. The van der Waals surface area contributed by atoms with Gasteiger partial charge in [0.2, 0.25) is 0 Å². The molecule has 0 N–H and O–H groups in total. The molecule has 1 aliphatic heterocycles. The van der Waals surface area contributed by atoms with E-state index in [9.17, 15) is 13.2 Å². The molecule has 1 saturated heterocycles. The number of carbonyl (C=O) groups excluding carboxylic acids is 1. The Morgan fingerprint density at radius 1 is 1.47 bits per heavy atom. The van der Waals surface area contributed by atoms with Gasteiger partial charge in [-0.05, 0) is 33.4 Å². The molecule has 0 radical (unpaired) electrons. The van der Waals surface area contributed by atoms with Gasteiger partial charge < -0.3 is 9.69 Å². The van der Waals surface area contributed by atoms with E-state index in [1.807, 2.05) is 7.05 Å². The second-order valence-electron chi connectivity index (χ2n) is 4.34. The predicted molar refractivity (Wildman–Crippen MR) is 59.6 cm³/mol. The molecule has 88 valence electrons. The first kappa shape index (κ1) is 12.6. The highest BCUT2D eigenvalue weighted by atomic mass is 32.2. The first-order valence-electron chi connectivity index (χ1n) is 5.31. The van der Waals surface area contributed by atoms with Gasteiger partial charge >= 0.3 is 0 Å². The Kier molecular flexibility index (Phi) is 4.28. The van der Waals surface area contributed by atoms with Gasteiger partial charge in [0.05, 0.1) is 11.5 Å². The maximum atomic E-state index is 11.2. The van der Waals surface area contributed by atoms with Gasteiger partial charge in [0.15, 0.2) is 9.84 Å². The summed E-state index contributed by atoms with van der Waals surface area (Å²) in [4.78, 5) is 12.8. The molecule has 1 fully saturated rings. The van der Waals surface area contributed by atoms with Crippen molar-refractivity contribution in [3.63, 3.8) is 0 Å². The second kappa shape index (κ2) is 5.07. The van der Waals surface area contributed by atoms with Crippen LogP contribution in [0.4, 0.5) is 0 Å². The SMILES string of the molecule is CC(=O)CCCN(C)C1CCS(=O)(=O)C1. The molecule has 1 heterocycles. The molecule has 1 unspecified atom stereocenters. The monoisotopic (exact) mass is 233 g/mol. The first-order chi connectivity index (χ1) is 6.91. The minimum atomic E-state index is -2.79. The summed E-state index contributed by atoms with van der Waals surface area (Å²) in [6.07, 6.45) is 2.14. The number of rotatable bonds is 5. The summed E-state index contributed by atoms with van der Waals surface area (Å²) in [7, 11) is -0.854. The average Bonchev–Trinajstić information content (AvgIpc) is 2.45. The molecule has 0 aromatic carbocycles. The molecule has 1 rings (SSSR count). The van der Waals surface area contributed by atoms with E-state index < -0.39 is 9.84 Å². The molecular weight excluding hydrogens is 214 g/mol. The lowest BCUT2D eigenvalue weighted by Crippen LogP contribution is -2.33. The van der Waals surface area contributed by atoms with Crippen LogP contribution in [0.5, 0.6) is 0 Å². The highest BCUT2D eigenvalue weighted by molar-refractivity contribution is 7.91. The van der Waals surface area contributed by atoms with Crippen molar-refractivity contribution >= 4 is 15.6 Å². The number of sulfone groups is 1. The standard InChI is InChI=1S/C10H19NO3S/c1-9(12)4-3-6-11(2)10-5-7-15(13,14)8-10/h10H,3-8H2,1-2H3. The van der Waals surface area contributed by atoms with Gasteiger partial charge in [0.25, 0.3) is 0 Å². The third-order valence-electron chi connectivity index (χ3n) is 2.87. The quantitative estimate of drug-likeness (QED) is 0.693. The predicted octanol–water partition coefficient (Wildman–Crippen LogP) is 0.475. The van der Waals surface area contributed by atoms with Crippen molar-refractivity contribution in [2.45, 2.75) is 32.2 Å². The maximum Gasteiger partial charge on any atom is 0.151 e. The van der Waals surface area contributed by atoms with Gasteiger partial charge in [-0.3, -0.25) is 0 Å². The van der Waals surface area contributed by atoms with Crippen molar-refractivity contribution in [3.05, 3.63) is 0 Å². The summed E-state index contributed by atoms with van der Waals surface area (Å²) in [5.74, 6) is 0.792. The fraction of sp³-hybridized carbons (Fsp3) is 0.900. The number of Topliss-reactive ketones (excluding diaryl/α,β-unsaturated/α-hetero) is 1. The Labute approximate surface area is 91.6 Å². The molecule has 15 heavy (non-hydrogen) atoms. The van der Waals surface area contributed by atoms with Gasteiger partial charge in [-0.25, -0.2) is 8.42 Å². The minimum Gasteiger partial charge on any atom is -0.302 e. The van der Waals surface area contributed by atoms with Crippen LogP contribution in [0.1, 0.15) is 26.2 Å². The van der Waals surface area contributed by atoms with E-state index in [1.54, 1.807) is 6.92 Å². The molecule has 0 saturated carbocycles. The van der Waals surface area contributed by atoms with Gasteiger partial charge in [-0.1, -0.05) is 0 Å². The fourth-order valence-corrected chi connectivity index (χ4v) is 3.69. The van der Waals surface area contributed by atoms with Crippen LogP contribution < -0.4 is 0 Å². The zero-order chi connectivity index (χ0) is 11.5. The molecule has 0 bridgehead atoms. The molecule has 1 atom stereocenters. The molecule has 5 heteroatoms. The minimum absolute atomic E-state index is 0.155. The summed E-state index contributed by atoms with van der Waals surface area (Å²) in [6.45, 7) is 2.39. The summed E-state index contributed by atoms with van der Waals surface area (Å²) in [5.41, 5.74) is 0. The third-order valence-corrected chi connectivity index (χ3v) is 4.62. The van der Waals surface area contributed by atoms with Crippen LogP contribution in [-0.2, 0) is 14.6 Å². The zero-order valence-corrected chi connectivity index (χ0v) is 10.2. The van der Waals surface area contributed by atoms with Crippen molar-refractivity contribution in [2.75, 3.05) is 25.1 Å². The molecule has 0 aromatic rings. The van der Waals surface area contributed by atoms with Crippen LogP contribution >= 0.6 is 0 Å². The van der Waals surface area contributed by atoms with E-state index >= 15 is 0 Å². The smallest absolute Gasteiger partial charge is 0.151 e. The van der Waals surface area contributed by atoms with Crippen molar-refractivity contribution < 1.29 is 13.2 Å². The van der Waals surface area contributed by atoms with E-state index in [0.717, 1.165) is 19.4 Å². The molecule has 0 aliphatic carbocycles. The van der Waals surface area contributed by atoms with E-state index in [4.69, 9.17) is 0 Å². The summed E-state index contributed by atoms with van der Waals surface area (Å²) >= 11 is 0. The van der Waals surface area contributed by atoms with Gasteiger partial charge in [-0.15, -0.1) is 0 Å². The van der Waals surface area contributed by atoms with Crippen molar-refractivity contribution in [3.8, 4) is 0 Å². The van der Waals surface area contributed by atoms with Crippen molar-refractivity contribution in [2.24, 2.45) is 0 Å². The highest BCUT2D eigenvalue weighted by Gasteiger charge is 2.30. The normalized spacial score (nSPS) is 24.6. The Morgan fingerprint density at radius 3 is 2.60 bits per heavy atom. The molecule has 0 spiro atoms. The lowest BCUT2D eigenvalue weighted by Gasteiger charge is -2.22. The van der Waals surface area contributed by atoms with E-state index in [0.29, 0.717) is 12.2 Å². The summed E-state index contributed by atoms with van der Waals surface area (Å²) in [5, 5.41) is 0.